The summed E-state index contributed by atoms with van der Waals surface area (Å²) in [5.74, 6) is -0.476. The van der Waals surface area contributed by atoms with Crippen molar-refractivity contribution in [2.45, 2.75) is 65.3 Å². The molecule has 1 aromatic heterocycles. The van der Waals surface area contributed by atoms with E-state index in [1.807, 2.05) is 6.92 Å². The Bertz CT molecular complexity index is 747. The number of carbonyl (C=O) groups excluding carboxylic acids is 1. The summed E-state index contributed by atoms with van der Waals surface area (Å²) in [5, 5.41) is 12.4. The fourth-order valence-corrected chi connectivity index (χ4v) is 5.54. The highest BCUT2D eigenvalue weighted by Gasteiger charge is 2.53. The van der Waals surface area contributed by atoms with Crippen molar-refractivity contribution in [1.82, 2.24) is 14.8 Å². The van der Waals surface area contributed by atoms with Gasteiger partial charge in [-0.1, -0.05) is 20.8 Å². The van der Waals surface area contributed by atoms with E-state index in [-0.39, 0.29) is 35.9 Å². The van der Waals surface area contributed by atoms with E-state index in [2.05, 4.69) is 30.7 Å². The quantitative estimate of drug-likeness (QED) is 0.724. The second-order valence-corrected chi connectivity index (χ2v) is 9.53. The standard InChI is InChI=1S/C20H31N3O5S/c1-6-27-12-8-14-16(20(3,4)5)23(19(25)26)15(10-22(14)9-12)17-21-13(11-29-17)18(24)28-7-2/h11-12,14-16H,6-10H2,1-5H3,(H,25,26)/t12-,14-,15+,16?/m1/s1. The lowest BCUT2D eigenvalue weighted by Crippen LogP contribution is -2.63. The predicted molar refractivity (Wildman–Crippen MR) is 109 cm³/mol. The van der Waals surface area contributed by atoms with Crippen molar-refractivity contribution >= 4 is 23.4 Å². The lowest BCUT2D eigenvalue weighted by atomic mass is 9.78. The summed E-state index contributed by atoms with van der Waals surface area (Å²) in [7, 11) is 0. The summed E-state index contributed by atoms with van der Waals surface area (Å²) in [4.78, 5) is 32.8. The zero-order valence-electron chi connectivity index (χ0n) is 17.8. The van der Waals surface area contributed by atoms with Gasteiger partial charge in [0.15, 0.2) is 5.69 Å². The third-order valence-electron chi connectivity index (χ3n) is 5.62. The Morgan fingerprint density at radius 2 is 2.00 bits per heavy atom. The molecule has 0 aromatic carbocycles. The third-order valence-corrected chi connectivity index (χ3v) is 6.57. The van der Waals surface area contributed by atoms with Gasteiger partial charge >= 0.3 is 12.1 Å². The first-order valence-electron chi connectivity index (χ1n) is 10.2. The van der Waals surface area contributed by atoms with Crippen molar-refractivity contribution in [2.24, 2.45) is 5.41 Å². The van der Waals surface area contributed by atoms with Crippen LogP contribution >= 0.6 is 11.3 Å². The molecule has 162 valence electrons. The summed E-state index contributed by atoms with van der Waals surface area (Å²) in [6.45, 7) is 12.2. The lowest BCUT2D eigenvalue weighted by molar-refractivity contribution is -0.0381. The number of nitrogens with zero attached hydrogens (tertiary/aromatic N) is 3. The maximum absolute atomic E-state index is 12.4. The Kier molecular flexibility index (Phi) is 6.50. The monoisotopic (exact) mass is 425 g/mol. The van der Waals surface area contributed by atoms with Crippen LogP contribution in [0.1, 0.15) is 62.6 Å². The molecule has 0 saturated carbocycles. The smallest absolute Gasteiger partial charge is 0.408 e. The number of thiazole rings is 1. The van der Waals surface area contributed by atoms with Crippen LogP contribution in [0.5, 0.6) is 0 Å². The largest absolute Gasteiger partial charge is 0.465 e. The van der Waals surface area contributed by atoms with E-state index >= 15 is 0 Å². The number of hydrogen-bond acceptors (Lipinski definition) is 7. The van der Waals surface area contributed by atoms with Gasteiger partial charge in [0, 0.05) is 31.1 Å². The molecular weight excluding hydrogens is 394 g/mol. The van der Waals surface area contributed by atoms with Crippen molar-refractivity contribution in [3.63, 3.8) is 0 Å². The molecule has 1 amide bonds. The van der Waals surface area contributed by atoms with Crippen molar-refractivity contribution in [2.75, 3.05) is 26.3 Å². The van der Waals surface area contributed by atoms with E-state index in [0.29, 0.717) is 18.2 Å². The highest BCUT2D eigenvalue weighted by Crippen LogP contribution is 2.44. The van der Waals surface area contributed by atoms with Gasteiger partial charge in [0.1, 0.15) is 11.0 Å². The summed E-state index contributed by atoms with van der Waals surface area (Å²) in [6.07, 6.45) is -0.0314. The fourth-order valence-electron chi connectivity index (χ4n) is 4.66. The Morgan fingerprint density at radius 3 is 2.59 bits per heavy atom. The molecule has 2 aliphatic rings. The summed E-state index contributed by atoms with van der Waals surface area (Å²) < 4.78 is 10.9. The van der Waals surface area contributed by atoms with Crippen LogP contribution in [0.15, 0.2) is 5.38 Å². The van der Waals surface area contributed by atoms with E-state index in [1.165, 1.54) is 11.3 Å². The molecule has 0 aliphatic carbocycles. The maximum atomic E-state index is 12.4. The predicted octanol–water partition coefficient (Wildman–Crippen LogP) is 3.25. The van der Waals surface area contributed by atoms with Crippen molar-refractivity contribution in [3.8, 4) is 0 Å². The summed E-state index contributed by atoms with van der Waals surface area (Å²) in [6, 6.07) is -0.538. The first-order chi connectivity index (χ1) is 13.7. The number of fused-ring (bicyclic) bond motifs is 1. The SMILES string of the molecule is CCOC(=O)c1csc([C@@H]2CN3C[C@H](OCC)C[C@@H]3C(C(C)(C)C)N2C(=O)O)n1. The molecule has 0 radical (unpaired) electrons. The number of ether oxygens (including phenoxy) is 2. The van der Waals surface area contributed by atoms with Crippen LogP contribution in [0.3, 0.4) is 0 Å². The van der Waals surface area contributed by atoms with Gasteiger partial charge in [-0.05, 0) is 25.7 Å². The Morgan fingerprint density at radius 1 is 1.28 bits per heavy atom. The molecule has 0 bridgehead atoms. The Labute approximate surface area is 175 Å². The Balaban J connectivity index is 1.96. The van der Waals surface area contributed by atoms with E-state index in [1.54, 1.807) is 17.2 Å². The number of carboxylic acid groups (broad SMARTS) is 1. The molecule has 3 heterocycles. The van der Waals surface area contributed by atoms with Crippen LogP contribution in [-0.2, 0) is 9.47 Å². The van der Waals surface area contributed by atoms with Gasteiger partial charge in [-0.25, -0.2) is 14.6 Å². The molecular formula is C20H31N3O5S. The molecule has 9 heteroatoms. The molecule has 1 aromatic rings. The zero-order chi connectivity index (χ0) is 21.3. The second-order valence-electron chi connectivity index (χ2n) is 8.64. The minimum absolute atomic E-state index is 0.100. The van der Waals surface area contributed by atoms with Gasteiger partial charge in [0.25, 0.3) is 0 Å². The highest BCUT2D eigenvalue weighted by atomic mass is 32.1. The first kappa shape index (κ1) is 22.0. The molecule has 2 saturated heterocycles. The number of piperazine rings is 1. The number of carbonyl (C=O) groups is 2. The number of rotatable bonds is 5. The molecule has 1 unspecified atom stereocenters. The normalized spacial score (nSPS) is 27.7. The second kappa shape index (κ2) is 8.57. The molecule has 0 spiro atoms. The zero-order valence-corrected chi connectivity index (χ0v) is 18.6. The maximum Gasteiger partial charge on any atom is 0.408 e. The first-order valence-corrected chi connectivity index (χ1v) is 11.0. The molecule has 8 nitrogen and oxygen atoms in total. The van der Waals surface area contributed by atoms with Crippen molar-refractivity contribution < 1.29 is 24.2 Å². The molecule has 4 atom stereocenters. The number of aromatic nitrogens is 1. The fraction of sp³-hybridized carbons (Fsp3) is 0.750. The minimum atomic E-state index is -0.956. The molecule has 29 heavy (non-hydrogen) atoms. The third kappa shape index (κ3) is 4.41. The average molecular weight is 426 g/mol. The molecule has 1 N–H and O–H groups in total. The van der Waals surface area contributed by atoms with E-state index in [9.17, 15) is 14.7 Å². The van der Waals surface area contributed by atoms with Gasteiger partial charge in [0.05, 0.1) is 18.8 Å². The van der Waals surface area contributed by atoms with Gasteiger partial charge in [0.2, 0.25) is 0 Å². The van der Waals surface area contributed by atoms with Gasteiger partial charge in [-0.3, -0.25) is 9.80 Å². The molecule has 3 rings (SSSR count). The van der Waals surface area contributed by atoms with Gasteiger partial charge < -0.3 is 14.6 Å². The average Bonchev–Trinajstić information content (AvgIpc) is 3.26. The van der Waals surface area contributed by atoms with Crippen molar-refractivity contribution in [1.29, 1.82) is 0 Å². The van der Waals surface area contributed by atoms with Crippen LogP contribution in [0.2, 0.25) is 0 Å². The van der Waals surface area contributed by atoms with Gasteiger partial charge in [-0.15, -0.1) is 11.3 Å². The van der Waals surface area contributed by atoms with Crippen molar-refractivity contribution in [3.05, 3.63) is 16.1 Å². The summed E-state index contributed by atoms with van der Waals surface area (Å²) >= 11 is 1.31. The van der Waals surface area contributed by atoms with E-state index < -0.39 is 18.1 Å². The van der Waals surface area contributed by atoms with Gasteiger partial charge in [-0.2, -0.15) is 0 Å². The molecule has 2 fully saturated rings. The summed E-state index contributed by atoms with van der Waals surface area (Å²) in [5.41, 5.74) is -0.0253. The number of hydrogen-bond donors (Lipinski definition) is 1. The number of esters is 1. The van der Waals surface area contributed by atoms with Crippen LogP contribution in [-0.4, -0.2) is 76.4 Å². The topological polar surface area (TPSA) is 92.2 Å². The van der Waals surface area contributed by atoms with Crippen LogP contribution in [0.4, 0.5) is 4.79 Å². The van der Waals surface area contributed by atoms with E-state index in [4.69, 9.17) is 9.47 Å². The molecule has 2 aliphatic heterocycles. The lowest BCUT2D eigenvalue weighted by Gasteiger charge is -2.52. The number of amides is 1. The van der Waals surface area contributed by atoms with Crippen LogP contribution < -0.4 is 0 Å². The highest BCUT2D eigenvalue weighted by molar-refractivity contribution is 7.09. The van der Waals surface area contributed by atoms with E-state index in [0.717, 1.165) is 13.0 Å². The Hall–Kier alpha value is -1.71. The van der Waals surface area contributed by atoms with Crippen LogP contribution in [0.25, 0.3) is 0 Å². The minimum Gasteiger partial charge on any atom is -0.465 e. The van der Waals surface area contributed by atoms with Crippen LogP contribution in [0, 0.1) is 5.41 Å².